The lowest BCUT2D eigenvalue weighted by atomic mass is 9.89. The third kappa shape index (κ3) is 3.83. The first-order valence-corrected chi connectivity index (χ1v) is 6.78. The van der Waals surface area contributed by atoms with Crippen LogP contribution in [-0.2, 0) is 27.7 Å². The first kappa shape index (κ1) is 17.2. The van der Waals surface area contributed by atoms with Gasteiger partial charge in [-0.1, -0.05) is 0 Å². The predicted molar refractivity (Wildman–Crippen MR) is 66.9 cm³/mol. The van der Waals surface area contributed by atoms with E-state index in [9.17, 15) is 9.36 Å². The SMILES string of the molecule is COC(=O)C(C)(C)C(OP(=O)(OC)OC)=C(C)C. The maximum absolute atomic E-state index is 12.0. The number of hydrogen-bond acceptors (Lipinski definition) is 6. The van der Waals surface area contributed by atoms with Crippen molar-refractivity contribution in [3.8, 4) is 0 Å². The van der Waals surface area contributed by atoms with E-state index in [-0.39, 0.29) is 5.76 Å². The van der Waals surface area contributed by atoms with Gasteiger partial charge in [0.2, 0.25) is 0 Å². The molecule has 0 atom stereocenters. The van der Waals surface area contributed by atoms with Gasteiger partial charge in [-0.05, 0) is 33.3 Å². The molecule has 7 heteroatoms. The number of esters is 1. The summed E-state index contributed by atoms with van der Waals surface area (Å²) in [7, 11) is -0.0140. The molecule has 0 aromatic carbocycles. The van der Waals surface area contributed by atoms with Crippen LogP contribution in [0.1, 0.15) is 27.7 Å². The Balaban J connectivity index is 5.46. The summed E-state index contributed by atoms with van der Waals surface area (Å²) in [5.74, 6) is -0.293. The minimum absolute atomic E-state index is 0.210. The van der Waals surface area contributed by atoms with E-state index in [1.807, 2.05) is 0 Å². The van der Waals surface area contributed by atoms with Crippen molar-refractivity contribution in [2.75, 3.05) is 21.3 Å². The lowest BCUT2D eigenvalue weighted by molar-refractivity contribution is -0.150. The second-order valence-electron chi connectivity index (χ2n) is 4.35. The van der Waals surface area contributed by atoms with E-state index in [0.717, 1.165) is 0 Å². The van der Waals surface area contributed by atoms with Gasteiger partial charge in [0.1, 0.15) is 11.2 Å². The van der Waals surface area contributed by atoms with Crippen molar-refractivity contribution in [2.24, 2.45) is 5.41 Å². The predicted octanol–water partition coefficient (Wildman–Crippen LogP) is 2.90. The van der Waals surface area contributed by atoms with Crippen LogP contribution in [0.2, 0.25) is 0 Å². The van der Waals surface area contributed by atoms with Crippen molar-refractivity contribution in [3.05, 3.63) is 11.3 Å². The van der Waals surface area contributed by atoms with Crippen molar-refractivity contribution in [1.82, 2.24) is 0 Å². The van der Waals surface area contributed by atoms with Crippen LogP contribution in [0.15, 0.2) is 11.3 Å². The molecule has 0 bridgehead atoms. The smallest absolute Gasteiger partial charge is 0.468 e. The Morgan fingerprint density at radius 1 is 1.06 bits per heavy atom. The zero-order chi connectivity index (χ0) is 14.6. The molecule has 0 heterocycles. The minimum atomic E-state index is -3.70. The monoisotopic (exact) mass is 280 g/mol. The van der Waals surface area contributed by atoms with Gasteiger partial charge in [0.15, 0.2) is 0 Å². The fraction of sp³-hybridized carbons (Fsp3) is 0.727. The molecule has 0 aliphatic carbocycles. The highest BCUT2D eigenvalue weighted by Gasteiger charge is 2.40. The van der Waals surface area contributed by atoms with Crippen LogP contribution in [0, 0.1) is 5.41 Å². The summed E-state index contributed by atoms with van der Waals surface area (Å²) in [6, 6.07) is 0. The minimum Gasteiger partial charge on any atom is -0.468 e. The van der Waals surface area contributed by atoms with Gasteiger partial charge in [0.05, 0.1) is 7.11 Å². The molecule has 0 aromatic heterocycles. The molecule has 18 heavy (non-hydrogen) atoms. The highest BCUT2D eigenvalue weighted by Crippen LogP contribution is 2.53. The Hall–Kier alpha value is -0.840. The number of carbonyl (C=O) groups is 1. The number of ether oxygens (including phenoxy) is 1. The maximum atomic E-state index is 12.0. The van der Waals surface area contributed by atoms with E-state index in [2.05, 4.69) is 0 Å². The first-order chi connectivity index (χ1) is 8.14. The fourth-order valence-electron chi connectivity index (χ4n) is 1.44. The van der Waals surface area contributed by atoms with Crippen LogP contribution in [0.3, 0.4) is 0 Å². The zero-order valence-electron chi connectivity index (χ0n) is 11.9. The second kappa shape index (κ2) is 6.36. The second-order valence-corrected chi connectivity index (χ2v) is 6.16. The normalized spacial score (nSPS) is 11.9. The highest BCUT2D eigenvalue weighted by atomic mass is 31.2. The summed E-state index contributed by atoms with van der Waals surface area (Å²) in [6.07, 6.45) is 0. The van der Waals surface area contributed by atoms with Crippen LogP contribution < -0.4 is 0 Å². The molecule has 0 saturated carbocycles. The van der Waals surface area contributed by atoms with E-state index in [1.165, 1.54) is 21.3 Å². The molecule has 0 spiro atoms. The van der Waals surface area contributed by atoms with Crippen molar-refractivity contribution in [2.45, 2.75) is 27.7 Å². The number of hydrogen-bond donors (Lipinski definition) is 0. The standard InChI is InChI=1S/C11H21O6P/c1-8(2)9(11(3,4)10(12)14-5)17-18(13,15-6)16-7/h1-7H3. The summed E-state index contributed by atoms with van der Waals surface area (Å²) < 4.78 is 31.4. The van der Waals surface area contributed by atoms with Crippen molar-refractivity contribution in [3.63, 3.8) is 0 Å². The Kier molecular flexibility index (Phi) is 6.07. The largest absolute Gasteiger partial charge is 0.529 e. The molecule has 0 unspecified atom stereocenters. The van der Waals surface area contributed by atoms with Crippen LogP contribution in [0.4, 0.5) is 0 Å². The Bertz CT molecular complexity index is 373. The summed E-state index contributed by atoms with van der Waals surface area (Å²) in [4.78, 5) is 11.7. The van der Waals surface area contributed by atoms with Crippen molar-refractivity contribution < 1.29 is 27.7 Å². The molecular weight excluding hydrogens is 259 g/mol. The average molecular weight is 280 g/mol. The van der Waals surface area contributed by atoms with Crippen LogP contribution >= 0.6 is 7.82 Å². The lowest BCUT2D eigenvalue weighted by Gasteiger charge is -2.28. The number of phosphoric ester groups is 1. The Morgan fingerprint density at radius 3 is 1.78 bits per heavy atom. The number of allylic oxidation sites excluding steroid dienone is 1. The molecule has 0 rings (SSSR count). The van der Waals surface area contributed by atoms with E-state index < -0.39 is 19.2 Å². The molecule has 0 aliphatic heterocycles. The molecule has 0 aliphatic rings. The molecule has 106 valence electrons. The van der Waals surface area contributed by atoms with E-state index in [4.69, 9.17) is 18.3 Å². The molecule has 0 N–H and O–H groups in total. The average Bonchev–Trinajstić information content (AvgIpc) is 2.33. The van der Waals surface area contributed by atoms with Gasteiger partial charge in [0.25, 0.3) is 0 Å². The quantitative estimate of drug-likeness (QED) is 0.423. The van der Waals surface area contributed by atoms with Crippen LogP contribution in [-0.4, -0.2) is 27.3 Å². The Morgan fingerprint density at radius 2 is 1.50 bits per heavy atom. The molecule has 0 saturated heterocycles. The Labute approximate surface area is 108 Å². The van der Waals surface area contributed by atoms with Crippen molar-refractivity contribution >= 4 is 13.8 Å². The summed E-state index contributed by atoms with van der Waals surface area (Å²) in [5, 5.41) is 0. The van der Waals surface area contributed by atoms with Gasteiger partial charge in [-0.15, -0.1) is 0 Å². The number of carbonyl (C=O) groups excluding carboxylic acids is 1. The van der Waals surface area contributed by atoms with Gasteiger partial charge in [-0.25, -0.2) is 4.57 Å². The molecular formula is C11H21O6P. The topological polar surface area (TPSA) is 71.1 Å². The molecule has 0 fully saturated rings. The van der Waals surface area contributed by atoms with E-state index in [0.29, 0.717) is 5.57 Å². The van der Waals surface area contributed by atoms with Crippen LogP contribution in [0.25, 0.3) is 0 Å². The van der Waals surface area contributed by atoms with Gasteiger partial charge < -0.3 is 9.26 Å². The van der Waals surface area contributed by atoms with Gasteiger partial charge in [-0.2, -0.15) is 0 Å². The molecule has 0 amide bonds. The summed E-state index contributed by atoms with van der Waals surface area (Å²) in [6.45, 7) is 6.68. The van der Waals surface area contributed by atoms with Gasteiger partial charge in [-0.3, -0.25) is 13.8 Å². The lowest BCUT2D eigenvalue weighted by Crippen LogP contribution is -2.29. The van der Waals surface area contributed by atoms with Gasteiger partial charge >= 0.3 is 13.8 Å². The maximum Gasteiger partial charge on any atom is 0.529 e. The third-order valence-corrected chi connectivity index (χ3v) is 3.67. The first-order valence-electron chi connectivity index (χ1n) is 5.32. The molecule has 0 radical (unpaired) electrons. The fourth-order valence-corrected chi connectivity index (χ4v) is 2.37. The summed E-state index contributed by atoms with van der Waals surface area (Å²) in [5.41, 5.74) is -0.403. The van der Waals surface area contributed by atoms with Gasteiger partial charge in [0, 0.05) is 14.2 Å². The third-order valence-electron chi connectivity index (χ3n) is 2.37. The molecule has 6 nitrogen and oxygen atoms in total. The van der Waals surface area contributed by atoms with Crippen molar-refractivity contribution in [1.29, 1.82) is 0 Å². The number of phosphoric acid groups is 1. The van der Waals surface area contributed by atoms with E-state index in [1.54, 1.807) is 27.7 Å². The molecule has 0 aromatic rings. The van der Waals surface area contributed by atoms with Crippen LogP contribution in [0.5, 0.6) is 0 Å². The summed E-state index contributed by atoms with van der Waals surface area (Å²) >= 11 is 0. The van der Waals surface area contributed by atoms with E-state index >= 15 is 0 Å². The number of methoxy groups -OCH3 is 1. The highest BCUT2D eigenvalue weighted by molar-refractivity contribution is 7.48. The number of rotatable bonds is 6. The zero-order valence-corrected chi connectivity index (χ0v) is 12.8.